The molecule has 6 heteroatoms. The Morgan fingerprint density at radius 2 is 2.21 bits per heavy atom. The second-order valence-electron chi connectivity index (χ2n) is 3.77. The van der Waals surface area contributed by atoms with Crippen molar-refractivity contribution in [2.24, 2.45) is 0 Å². The predicted octanol–water partition coefficient (Wildman–Crippen LogP) is 1.93. The second-order valence-corrected chi connectivity index (χ2v) is 4.56. The van der Waals surface area contributed by atoms with Crippen molar-refractivity contribution in [3.05, 3.63) is 23.8 Å². The normalized spacial score (nSPS) is 10.2. The number of nitrogens with one attached hydrogen (secondary N) is 1. The summed E-state index contributed by atoms with van der Waals surface area (Å²) in [6.07, 6.45) is 0.726. The number of hydrogen-bond acceptors (Lipinski definition) is 4. The molecule has 0 saturated heterocycles. The zero-order chi connectivity index (χ0) is 14.1. The third kappa shape index (κ3) is 5.08. The minimum Gasteiger partial charge on any atom is -0.504 e. The number of halogens is 1. The number of alkyl halides is 1. The topological polar surface area (TPSA) is 67.8 Å². The van der Waals surface area contributed by atoms with Gasteiger partial charge in [-0.2, -0.15) is 0 Å². The molecule has 19 heavy (non-hydrogen) atoms. The Morgan fingerprint density at radius 1 is 1.42 bits per heavy atom. The van der Waals surface area contributed by atoms with Crippen molar-refractivity contribution in [2.45, 2.75) is 6.42 Å². The molecule has 0 heterocycles. The lowest BCUT2D eigenvalue weighted by atomic mass is 10.1. The SMILES string of the molecule is COc1cccc(C(=O)NCCCOCCBr)c1O. The predicted molar refractivity (Wildman–Crippen MR) is 76.2 cm³/mol. The number of hydrogen-bond donors (Lipinski definition) is 2. The van der Waals surface area contributed by atoms with Gasteiger partial charge in [-0.3, -0.25) is 4.79 Å². The Kier molecular flexibility index (Phi) is 7.28. The molecule has 2 N–H and O–H groups in total. The summed E-state index contributed by atoms with van der Waals surface area (Å²) < 4.78 is 10.2. The first-order chi connectivity index (χ1) is 9.20. The van der Waals surface area contributed by atoms with Crippen molar-refractivity contribution in [2.75, 3.05) is 32.2 Å². The van der Waals surface area contributed by atoms with E-state index in [4.69, 9.17) is 9.47 Å². The number of rotatable bonds is 8. The lowest BCUT2D eigenvalue weighted by molar-refractivity contribution is 0.0941. The first kappa shape index (κ1) is 15.8. The van der Waals surface area contributed by atoms with E-state index in [0.717, 1.165) is 11.8 Å². The van der Waals surface area contributed by atoms with Gasteiger partial charge in [0, 0.05) is 18.5 Å². The number of carbonyl (C=O) groups is 1. The monoisotopic (exact) mass is 331 g/mol. The fourth-order valence-corrected chi connectivity index (χ4v) is 1.73. The summed E-state index contributed by atoms with van der Waals surface area (Å²) in [7, 11) is 1.44. The number of phenolic OH excluding ortho intramolecular Hbond substituents is 1. The molecule has 0 fully saturated rings. The minimum atomic E-state index is -0.322. The van der Waals surface area contributed by atoms with Gasteiger partial charge in [-0.25, -0.2) is 0 Å². The van der Waals surface area contributed by atoms with Crippen molar-refractivity contribution in [3.63, 3.8) is 0 Å². The number of ether oxygens (including phenoxy) is 2. The molecule has 0 aliphatic carbocycles. The fourth-order valence-electron chi connectivity index (χ4n) is 1.50. The Labute approximate surface area is 121 Å². The highest BCUT2D eigenvalue weighted by Crippen LogP contribution is 2.28. The first-order valence-electron chi connectivity index (χ1n) is 5.98. The Hall–Kier alpha value is -1.27. The average Bonchev–Trinajstić information content (AvgIpc) is 2.42. The van der Waals surface area contributed by atoms with E-state index >= 15 is 0 Å². The molecule has 0 radical (unpaired) electrons. The smallest absolute Gasteiger partial charge is 0.255 e. The fraction of sp³-hybridized carbons (Fsp3) is 0.462. The van der Waals surface area contributed by atoms with Crippen molar-refractivity contribution in [3.8, 4) is 11.5 Å². The number of phenols is 1. The van der Waals surface area contributed by atoms with Crippen molar-refractivity contribution >= 4 is 21.8 Å². The van der Waals surface area contributed by atoms with Crippen LogP contribution in [0.1, 0.15) is 16.8 Å². The largest absolute Gasteiger partial charge is 0.504 e. The summed E-state index contributed by atoms with van der Waals surface area (Å²) in [5.74, 6) is -0.178. The van der Waals surface area contributed by atoms with Crippen molar-refractivity contribution in [1.29, 1.82) is 0 Å². The van der Waals surface area contributed by atoms with Gasteiger partial charge in [0.2, 0.25) is 0 Å². The molecule has 0 aromatic heterocycles. The van der Waals surface area contributed by atoms with E-state index in [-0.39, 0.29) is 23.0 Å². The van der Waals surface area contributed by atoms with Gasteiger partial charge in [0.15, 0.2) is 11.5 Å². The molecule has 0 saturated carbocycles. The highest BCUT2D eigenvalue weighted by atomic mass is 79.9. The van der Waals surface area contributed by atoms with Crippen molar-refractivity contribution < 1.29 is 19.4 Å². The zero-order valence-electron chi connectivity index (χ0n) is 10.8. The average molecular weight is 332 g/mol. The van der Waals surface area contributed by atoms with E-state index in [0.29, 0.717) is 19.8 Å². The molecule has 0 atom stereocenters. The summed E-state index contributed by atoms with van der Waals surface area (Å²) in [6, 6.07) is 4.81. The first-order valence-corrected chi connectivity index (χ1v) is 7.10. The van der Waals surface area contributed by atoms with E-state index in [2.05, 4.69) is 21.2 Å². The quantitative estimate of drug-likeness (QED) is 0.564. The standard InChI is InChI=1S/C13H18BrNO4/c1-18-11-5-2-4-10(12(11)16)13(17)15-7-3-8-19-9-6-14/h2,4-5,16H,3,6-9H2,1H3,(H,15,17). The molecule has 0 spiro atoms. The van der Waals surface area contributed by atoms with Gasteiger partial charge in [0.1, 0.15) is 0 Å². The van der Waals surface area contributed by atoms with Crippen LogP contribution in [-0.4, -0.2) is 43.2 Å². The molecule has 1 aromatic rings. The molecule has 1 rings (SSSR count). The number of benzene rings is 1. The van der Waals surface area contributed by atoms with Crippen LogP contribution >= 0.6 is 15.9 Å². The van der Waals surface area contributed by atoms with Crippen LogP contribution in [0, 0.1) is 0 Å². The van der Waals surface area contributed by atoms with Gasteiger partial charge in [-0.15, -0.1) is 0 Å². The summed E-state index contributed by atoms with van der Waals surface area (Å²) in [4.78, 5) is 11.8. The van der Waals surface area contributed by atoms with E-state index in [1.165, 1.54) is 7.11 Å². The highest BCUT2D eigenvalue weighted by Gasteiger charge is 2.13. The number of aromatic hydroxyl groups is 1. The molecule has 0 unspecified atom stereocenters. The van der Waals surface area contributed by atoms with Crippen LogP contribution in [-0.2, 0) is 4.74 Å². The molecule has 1 aromatic carbocycles. The second kappa shape index (κ2) is 8.77. The van der Waals surface area contributed by atoms with E-state index < -0.39 is 0 Å². The molecule has 5 nitrogen and oxygen atoms in total. The van der Waals surface area contributed by atoms with Crippen LogP contribution in [0.5, 0.6) is 11.5 Å². The lowest BCUT2D eigenvalue weighted by Crippen LogP contribution is -2.25. The maximum Gasteiger partial charge on any atom is 0.255 e. The Balaban J connectivity index is 2.41. The molecule has 106 valence electrons. The van der Waals surface area contributed by atoms with Crippen LogP contribution in [0.25, 0.3) is 0 Å². The van der Waals surface area contributed by atoms with Gasteiger partial charge in [0.05, 0.1) is 19.3 Å². The molecular weight excluding hydrogens is 314 g/mol. The van der Waals surface area contributed by atoms with E-state index in [9.17, 15) is 9.90 Å². The summed E-state index contributed by atoms with van der Waals surface area (Å²) in [6.45, 7) is 1.75. The zero-order valence-corrected chi connectivity index (χ0v) is 12.4. The van der Waals surface area contributed by atoms with Crippen LogP contribution in [0.3, 0.4) is 0 Å². The summed E-state index contributed by atoms with van der Waals surface area (Å²) in [5.41, 5.74) is 0.209. The Bertz CT molecular complexity index is 412. The van der Waals surface area contributed by atoms with Gasteiger partial charge in [-0.05, 0) is 18.6 Å². The third-order valence-electron chi connectivity index (χ3n) is 2.44. The van der Waals surface area contributed by atoms with Crippen LogP contribution in [0.15, 0.2) is 18.2 Å². The van der Waals surface area contributed by atoms with Gasteiger partial charge < -0.3 is 19.9 Å². The lowest BCUT2D eigenvalue weighted by Gasteiger charge is -2.09. The number of carbonyl (C=O) groups excluding carboxylic acids is 1. The molecule has 0 bridgehead atoms. The maximum atomic E-state index is 11.8. The number of methoxy groups -OCH3 is 1. The van der Waals surface area contributed by atoms with Gasteiger partial charge >= 0.3 is 0 Å². The van der Waals surface area contributed by atoms with E-state index in [1.54, 1.807) is 18.2 Å². The van der Waals surface area contributed by atoms with Crippen LogP contribution < -0.4 is 10.1 Å². The van der Waals surface area contributed by atoms with Crippen LogP contribution in [0.2, 0.25) is 0 Å². The minimum absolute atomic E-state index is 0.141. The molecule has 0 aliphatic heterocycles. The third-order valence-corrected chi connectivity index (χ3v) is 2.76. The van der Waals surface area contributed by atoms with Crippen LogP contribution in [0.4, 0.5) is 0 Å². The molecule has 1 amide bonds. The van der Waals surface area contributed by atoms with Gasteiger partial charge in [-0.1, -0.05) is 22.0 Å². The molecule has 0 aliphatic rings. The Morgan fingerprint density at radius 3 is 2.89 bits per heavy atom. The van der Waals surface area contributed by atoms with Crippen molar-refractivity contribution in [1.82, 2.24) is 5.32 Å². The summed E-state index contributed by atoms with van der Waals surface area (Å²) >= 11 is 3.26. The van der Waals surface area contributed by atoms with E-state index in [1.807, 2.05) is 0 Å². The van der Waals surface area contributed by atoms with Gasteiger partial charge in [0.25, 0.3) is 5.91 Å². The number of para-hydroxylation sites is 1. The summed E-state index contributed by atoms with van der Waals surface area (Å²) in [5, 5.41) is 13.3. The number of amides is 1. The molecular formula is C13H18BrNO4. The maximum absolute atomic E-state index is 11.8. The highest BCUT2D eigenvalue weighted by molar-refractivity contribution is 9.09.